The minimum absolute atomic E-state index is 0.0442. The molecule has 116 valence electrons. The van der Waals surface area contributed by atoms with Crippen LogP contribution < -0.4 is 15.4 Å². The van der Waals surface area contributed by atoms with E-state index in [1.165, 1.54) is 12.8 Å². The lowest BCUT2D eigenvalue weighted by atomic mass is 10.2. The van der Waals surface area contributed by atoms with E-state index in [9.17, 15) is 4.79 Å². The number of hydrogen-bond acceptors (Lipinski definition) is 3. The molecule has 21 heavy (non-hydrogen) atoms. The highest BCUT2D eigenvalue weighted by Gasteiger charge is 2.21. The molecule has 0 heterocycles. The summed E-state index contributed by atoms with van der Waals surface area (Å²) in [5.74, 6) is 1.41. The van der Waals surface area contributed by atoms with Gasteiger partial charge in [0, 0.05) is 23.1 Å². The van der Waals surface area contributed by atoms with Crippen molar-refractivity contribution in [1.82, 2.24) is 10.6 Å². The summed E-state index contributed by atoms with van der Waals surface area (Å²) >= 11 is 3.47. The van der Waals surface area contributed by atoms with Gasteiger partial charge < -0.3 is 15.4 Å². The van der Waals surface area contributed by atoms with Gasteiger partial charge in [-0.1, -0.05) is 22.9 Å². The lowest BCUT2D eigenvalue weighted by Crippen LogP contribution is -2.30. The van der Waals surface area contributed by atoms with Crippen molar-refractivity contribution in [2.45, 2.75) is 32.7 Å². The fraction of sp³-hybridized carbons (Fsp3) is 0.562. The first kappa shape index (κ1) is 16.3. The van der Waals surface area contributed by atoms with E-state index in [1.54, 1.807) is 0 Å². The predicted octanol–water partition coefficient (Wildman–Crippen LogP) is 2.85. The summed E-state index contributed by atoms with van der Waals surface area (Å²) < 4.78 is 6.68. The fourth-order valence-corrected chi connectivity index (χ4v) is 2.41. The molecule has 1 aromatic rings. The van der Waals surface area contributed by atoms with Crippen molar-refractivity contribution in [2.24, 2.45) is 5.92 Å². The highest BCUT2D eigenvalue weighted by Crippen LogP contribution is 2.27. The van der Waals surface area contributed by atoms with Crippen LogP contribution in [0.2, 0.25) is 0 Å². The molecule has 0 aliphatic heterocycles. The van der Waals surface area contributed by atoms with Gasteiger partial charge in [-0.25, -0.2) is 0 Å². The Morgan fingerprint density at radius 1 is 1.43 bits per heavy atom. The average molecular weight is 355 g/mol. The fourth-order valence-electron chi connectivity index (χ4n) is 2.00. The Morgan fingerprint density at radius 3 is 2.95 bits per heavy atom. The third kappa shape index (κ3) is 6.06. The zero-order valence-electron chi connectivity index (χ0n) is 12.5. The summed E-state index contributed by atoms with van der Waals surface area (Å²) in [6.45, 7) is 4.71. The van der Waals surface area contributed by atoms with E-state index in [0.717, 1.165) is 41.8 Å². The van der Waals surface area contributed by atoms with Gasteiger partial charge in [0.15, 0.2) is 6.61 Å². The number of hydrogen-bond donors (Lipinski definition) is 2. The van der Waals surface area contributed by atoms with E-state index in [0.29, 0.717) is 5.92 Å². The molecule has 0 radical (unpaired) electrons. The summed E-state index contributed by atoms with van der Waals surface area (Å²) in [6.07, 6.45) is 3.57. The van der Waals surface area contributed by atoms with E-state index in [2.05, 4.69) is 33.5 Å². The van der Waals surface area contributed by atoms with Crippen LogP contribution in [0.3, 0.4) is 0 Å². The first-order valence-corrected chi connectivity index (χ1v) is 8.37. The molecule has 4 nitrogen and oxygen atoms in total. The van der Waals surface area contributed by atoms with Crippen LogP contribution in [0.5, 0.6) is 5.75 Å². The van der Waals surface area contributed by atoms with Crippen LogP contribution in [0, 0.1) is 5.92 Å². The van der Waals surface area contributed by atoms with Crippen molar-refractivity contribution < 1.29 is 9.53 Å². The van der Waals surface area contributed by atoms with Crippen molar-refractivity contribution in [3.05, 3.63) is 28.2 Å². The largest absolute Gasteiger partial charge is 0.483 e. The second-order valence-corrected chi connectivity index (χ2v) is 6.38. The van der Waals surface area contributed by atoms with Crippen molar-refractivity contribution in [3.8, 4) is 5.75 Å². The van der Waals surface area contributed by atoms with Crippen molar-refractivity contribution in [2.75, 3.05) is 19.7 Å². The van der Waals surface area contributed by atoms with Crippen LogP contribution in [-0.2, 0) is 11.3 Å². The number of nitrogens with one attached hydrogen (secondary N) is 2. The normalized spacial score (nSPS) is 14.0. The van der Waals surface area contributed by atoms with Crippen molar-refractivity contribution in [3.63, 3.8) is 0 Å². The molecule has 0 unspecified atom stereocenters. The van der Waals surface area contributed by atoms with Crippen LogP contribution in [0.4, 0.5) is 0 Å². The number of benzene rings is 1. The highest BCUT2D eigenvalue weighted by atomic mass is 79.9. The zero-order valence-corrected chi connectivity index (χ0v) is 14.0. The molecular formula is C16H23BrN2O2. The Bertz CT molecular complexity index is 475. The molecule has 5 heteroatoms. The second-order valence-electron chi connectivity index (χ2n) is 5.46. The van der Waals surface area contributed by atoms with Gasteiger partial charge in [-0.05, 0) is 49.9 Å². The maximum atomic E-state index is 11.7. The molecule has 1 fully saturated rings. The number of carbonyl (C=O) groups is 1. The molecule has 0 bridgehead atoms. The van der Waals surface area contributed by atoms with E-state index in [1.807, 2.05) is 18.2 Å². The van der Waals surface area contributed by atoms with E-state index in [-0.39, 0.29) is 12.5 Å². The molecular weight excluding hydrogens is 332 g/mol. The SMILES string of the molecule is CCCNCc1cc(Br)ccc1OCC(=O)NCC1CC1. The zero-order chi connectivity index (χ0) is 15.1. The first-order chi connectivity index (χ1) is 10.2. The summed E-state index contributed by atoms with van der Waals surface area (Å²) in [5.41, 5.74) is 1.06. The summed E-state index contributed by atoms with van der Waals surface area (Å²) in [7, 11) is 0. The third-order valence-electron chi connectivity index (χ3n) is 3.41. The molecule has 0 atom stereocenters. The van der Waals surface area contributed by atoms with Crippen LogP contribution >= 0.6 is 15.9 Å². The second kappa shape index (κ2) is 8.39. The van der Waals surface area contributed by atoms with Gasteiger partial charge in [-0.3, -0.25) is 4.79 Å². The maximum Gasteiger partial charge on any atom is 0.257 e. The summed E-state index contributed by atoms with van der Waals surface area (Å²) in [5, 5.41) is 6.26. The first-order valence-electron chi connectivity index (χ1n) is 7.57. The third-order valence-corrected chi connectivity index (χ3v) is 3.90. The van der Waals surface area contributed by atoms with Gasteiger partial charge in [-0.2, -0.15) is 0 Å². The Kier molecular flexibility index (Phi) is 6.51. The average Bonchev–Trinajstić information content (AvgIpc) is 3.29. The molecule has 0 saturated heterocycles. The smallest absolute Gasteiger partial charge is 0.257 e. The number of ether oxygens (including phenoxy) is 1. The molecule has 1 amide bonds. The van der Waals surface area contributed by atoms with E-state index in [4.69, 9.17) is 4.74 Å². The van der Waals surface area contributed by atoms with E-state index < -0.39 is 0 Å². The standard InChI is InChI=1S/C16H23BrN2O2/c1-2-7-18-10-13-8-14(17)5-6-15(13)21-11-16(20)19-9-12-3-4-12/h5-6,8,12,18H,2-4,7,9-11H2,1H3,(H,19,20). The van der Waals surface area contributed by atoms with Gasteiger partial charge in [0.2, 0.25) is 0 Å². The Labute approximate surface area is 134 Å². The Balaban J connectivity index is 1.83. The number of amides is 1. The minimum atomic E-state index is -0.0442. The molecule has 1 aromatic carbocycles. The monoisotopic (exact) mass is 354 g/mol. The highest BCUT2D eigenvalue weighted by molar-refractivity contribution is 9.10. The van der Waals surface area contributed by atoms with Crippen LogP contribution in [0.1, 0.15) is 31.7 Å². The molecule has 1 aliphatic rings. The molecule has 0 spiro atoms. The molecule has 1 aliphatic carbocycles. The van der Waals surface area contributed by atoms with Gasteiger partial charge in [0.05, 0.1) is 0 Å². The lowest BCUT2D eigenvalue weighted by molar-refractivity contribution is -0.123. The van der Waals surface area contributed by atoms with Crippen LogP contribution in [-0.4, -0.2) is 25.6 Å². The van der Waals surface area contributed by atoms with Crippen LogP contribution in [0.15, 0.2) is 22.7 Å². The molecule has 0 aromatic heterocycles. The lowest BCUT2D eigenvalue weighted by Gasteiger charge is -2.12. The van der Waals surface area contributed by atoms with Gasteiger partial charge in [0.25, 0.3) is 5.91 Å². The van der Waals surface area contributed by atoms with Gasteiger partial charge in [-0.15, -0.1) is 0 Å². The van der Waals surface area contributed by atoms with E-state index >= 15 is 0 Å². The summed E-state index contributed by atoms with van der Waals surface area (Å²) in [6, 6.07) is 5.86. The number of halogens is 1. The maximum absolute atomic E-state index is 11.7. The molecule has 1 saturated carbocycles. The molecule has 2 rings (SSSR count). The topological polar surface area (TPSA) is 50.4 Å². The van der Waals surface area contributed by atoms with Crippen molar-refractivity contribution >= 4 is 21.8 Å². The number of carbonyl (C=O) groups excluding carboxylic acids is 1. The van der Waals surface area contributed by atoms with Crippen molar-refractivity contribution in [1.29, 1.82) is 0 Å². The quantitative estimate of drug-likeness (QED) is 0.670. The van der Waals surface area contributed by atoms with Gasteiger partial charge >= 0.3 is 0 Å². The molecule has 2 N–H and O–H groups in total. The van der Waals surface area contributed by atoms with Crippen LogP contribution in [0.25, 0.3) is 0 Å². The Hall–Kier alpha value is -1.07. The summed E-state index contributed by atoms with van der Waals surface area (Å²) in [4.78, 5) is 11.7. The Morgan fingerprint density at radius 2 is 2.24 bits per heavy atom. The number of rotatable bonds is 9. The predicted molar refractivity (Wildman–Crippen MR) is 87.4 cm³/mol. The minimum Gasteiger partial charge on any atom is -0.483 e. The van der Waals surface area contributed by atoms with Gasteiger partial charge in [0.1, 0.15) is 5.75 Å².